The summed E-state index contributed by atoms with van der Waals surface area (Å²) in [4.78, 5) is 15.7. The van der Waals surface area contributed by atoms with E-state index < -0.39 is 10.0 Å². The van der Waals surface area contributed by atoms with Gasteiger partial charge in [0, 0.05) is 51.0 Å². The summed E-state index contributed by atoms with van der Waals surface area (Å²) in [5.74, 6) is 0. The third-order valence-corrected chi connectivity index (χ3v) is 9.39. The lowest BCUT2D eigenvalue weighted by Crippen LogP contribution is -2.48. The van der Waals surface area contributed by atoms with Crippen LogP contribution < -0.4 is 9.80 Å². The van der Waals surface area contributed by atoms with Crippen LogP contribution in [-0.4, -0.2) is 50.4 Å². The Labute approximate surface area is 219 Å². The molecule has 0 atom stereocenters. The molecule has 36 heavy (non-hydrogen) atoms. The van der Waals surface area contributed by atoms with Gasteiger partial charge in [0.05, 0.1) is 19.9 Å². The Morgan fingerprint density at radius 2 is 1.53 bits per heavy atom. The van der Waals surface area contributed by atoms with Gasteiger partial charge in [-0.25, -0.2) is 8.42 Å². The number of fused-ring (bicyclic) bond motifs is 1. The van der Waals surface area contributed by atoms with Crippen LogP contribution in [0.15, 0.2) is 65.6 Å². The average Bonchev–Trinajstić information content (AvgIpc) is 2.89. The number of hydrogen-bond acceptors (Lipinski definition) is 6. The number of piperazine rings is 1. The van der Waals surface area contributed by atoms with Gasteiger partial charge in [0.25, 0.3) is 5.69 Å². The highest BCUT2D eigenvalue weighted by atomic mass is 35.5. The van der Waals surface area contributed by atoms with E-state index in [-0.39, 0.29) is 33.6 Å². The monoisotopic (exact) mass is 546 g/mol. The van der Waals surface area contributed by atoms with Crippen LogP contribution in [0.3, 0.4) is 0 Å². The minimum absolute atomic E-state index is 0.0685. The molecule has 0 unspecified atom stereocenters. The van der Waals surface area contributed by atoms with E-state index in [4.69, 9.17) is 23.2 Å². The molecule has 0 spiro atoms. The maximum atomic E-state index is 13.1. The first-order chi connectivity index (χ1) is 17.2. The lowest BCUT2D eigenvalue weighted by atomic mass is 9.99. The molecular weight excluding hydrogens is 523 g/mol. The molecule has 0 radical (unpaired) electrons. The van der Waals surface area contributed by atoms with Gasteiger partial charge >= 0.3 is 0 Å². The van der Waals surface area contributed by atoms with E-state index in [0.29, 0.717) is 36.9 Å². The molecule has 0 aromatic heterocycles. The highest BCUT2D eigenvalue weighted by Gasteiger charge is 2.30. The molecule has 8 nitrogen and oxygen atoms in total. The number of nitro groups is 1. The number of rotatable bonds is 5. The molecule has 3 aromatic rings. The molecule has 3 aromatic carbocycles. The highest BCUT2D eigenvalue weighted by Crippen LogP contribution is 2.36. The molecule has 0 N–H and O–H groups in total. The van der Waals surface area contributed by atoms with E-state index in [1.165, 1.54) is 33.6 Å². The number of benzene rings is 3. The van der Waals surface area contributed by atoms with Crippen molar-refractivity contribution in [3.8, 4) is 0 Å². The second kappa shape index (κ2) is 9.89. The second-order valence-electron chi connectivity index (χ2n) is 8.84. The van der Waals surface area contributed by atoms with Crippen molar-refractivity contribution in [2.24, 2.45) is 0 Å². The molecule has 2 heterocycles. The topological polar surface area (TPSA) is 87.0 Å². The first-order valence-corrected chi connectivity index (χ1v) is 13.7. The van der Waals surface area contributed by atoms with Crippen LogP contribution in [0.1, 0.15) is 11.1 Å². The summed E-state index contributed by atoms with van der Waals surface area (Å²) < 4.78 is 27.6. The van der Waals surface area contributed by atoms with Crippen molar-refractivity contribution in [2.45, 2.75) is 17.9 Å². The average molecular weight is 547 g/mol. The van der Waals surface area contributed by atoms with Crippen molar-refractivity contribution < 1.29 is 13.3 Å². The van der Waals surface area contributed by atoms with Crippen LogP contribution in [0.25, 0.3) is 0 Å². The highest BCUT2D eigenvalue weighted by molar-refractivity contribution is 7.89. The molecule has 0 aliphatic carbocycles. The zero-order chi connectivity index (χ0) is 25.4. The van der Waals surface area contributed by atoms with Gasteiger partial charge < -0.3 is 9.80 Å². The smallest absolute Gasteiger partial charge is 0.292 e. The van der Waals surface area contributed by atoms with Gasteiger partial charge in [0.2, 0.25) is 10.0 Å². The molecule has 2 aliphatic heterocycles. The lowest BCUT2D eigenvalue weighted by molar-refractivity contribution is -0.384. The Kier molecular flexibility index (Phi) is 6.82. The molecule has 0 saturated carbocycles. The normalized spacial score (nSPS) is 16.6. The SMILES string of the molecule is O=[N+]([O-])c1ccc(N2CCN(S(=O)(=O)c3ccc(Cl)c(Cl)c3)CC2)cc1N1CCc2ccccc2C1. The Morgan fingerprint density at radius 3 is 2.22 bits per heavy atom. The fraction of sp³-hybridized carbons (Fsp3) is 0.280. The third kappa shape index (κ3) is 4.76. The summed E-state index contributed by atoms with van der Waals surface area (Å²) in [6.07, 6.45) is 0.822. The Hall–Kier alpha value is -2.85. The largest absolute Gasteiger partial charge is 0.369 e. The predicted octanol–water partition coefficient (Wildman–Crippen LogP) is 4.98. The van der Waals surface area contributed by atoms with Crippen molar-refractivity contribution in [3.63, 3.8) is 0 Å². The van der Waals surface area contributed by atoms with Gasteiger partial charge in [-0.3, -0.25) is 10.1 Å². The molecule has 1 fully saturated rings. The minimum Gasteiger partial charge on any atom is -0.369 e. The summed E-state index contributed by atoms with van der Waals surface area (Å²) in [7, 11) is -3.71. The Morgan fingerprint density at radius 1 is 0.806 bits per heavy atom. The summed E-state index contributed by atoms with van der Waals surface area (Å²) in [6.45, 7) is 2.78. The third-order valence-electron chi connectivity index (χ3n) is 6.76. The van der Waals surface area contributed by atoms with Gasteiger partial charge in [0.15, 0.2) is 0 Å². The molecule has 0 bridgehead atoms. The number of sulfonamides is 1. The second-order valence-corrected chi connectivity index (χ2v) is 11.6. The van der Waals surface area contributed by atoms with Crippen LogP contribution in [0.4, 0.5) is 17.1 Å². The minimum atomic E-state index is -3.71. The zero-order valence-corrected chi connectivity index (χ0v) is 21.6. The molecule has 2 aliphatic rings. The van der Waals surface area contributed by atoms with E-state index in [1.54, 1.807) is 12.1 Å². The van der Waals surface area contributed by atoms with Crippen molar-refractivity contribution >= 4 is 50.3 Å². The standard InChI is InChI=1S/C25H24Cl2N4O4S/c26-22-7-6-21(16-23(22)27)36(34,35)30-13-11-28(12-14-30)20-5-8-24(31(32)33)25(15-20)29-10-9-18-3-1-2-4-19(18)17-29/h1-8,15-16H,9-14,17H2. The summed E-state index contributed by atoms with van der Waals surface area (Å²) in [6, 6.07) is 17.6. The quantitative estimate of drug-likeness (QED) is 0.331. The van der Waals surface area contributed by atoms with E-state index in [9.17, 15) is 18.5 Å². The number of nitrogens with zero attached hydrogens (tertiary/aromatic N) is 4. The molecule has 11 heteroatoms. The molecule has 188 valence electrons. The maximum Gasteiger partial charge on any atom is 0.292 e. The van der Waals surface area contributed by atoms with Gasteiger partial charge in [-0.1, -0.05) is 47.5 Å². The maximum absolute atomic E-state index is 13.1. The van der Waals surface area contributed by atoms with Gasteiger partial charge in [-0.15, -0.1) is 0 Å². The van der Waals surface area contributed by atoms with E-state index >= 15 is 0 Å². The Balaban J connectivity index is 1.35. The fourth-order valence-corrected chi connectivity index (χ4v) is 6.60. The van der Waals surface area contributed by atoms with Crippen molar-refractivity contribution in [2.75, 3.05) is 42.5 Å². The number of anilines is 2. The van der Waals surface area contributed by atoms with E-state index in [0.717, 1.165) is 12.1 Å². The zero-order valence-electron chi connectivity index (χ0n) is 19.3. The van der Waals surface area contributed by atoms with Gasteiger partial charge in [-0.05, 0) is 47.9 Å². The first kappa shape index (κ1) is 24.8. The van der Waals surface area contributed by atoms with E-state index in [1.807, 2.05) is 18.2 Å². The van der Waals surface area contributed by atoms with Crippen LogP contribution >= 0.6 is 23.2 Å². The predicted molar refractivity (Wildman–Crippen MR) is 142 cm³/mol. The van der Waals surface area contributed by atoms with Crippen molar-refractivity contribution in [1.82, 2.24) is 4.31 Å². The van der Waals surface area contributed by atoms with Crippen LogP contribution in [-0.2, 0) is 23.0 Å². The first-order valence-electron chi connectivity index (χ1n) is 11.5. The van der Waals surface area contributed by atoms with Crippen molar-refractivity contribution in [1.29, 1.82) is 0 Å². The van der Waals surface area contributed by atoms with Gasteiger partial charge in [-0.2, -0.15) is 4.31 Å². The summed E-state index contributed by atoms with van der Waals surface area (Å²) >= 11 is 12.0. The van der Waals surface area contributed by atoms with Crippen LogP contribution in [0.5, 0.6) is 0 Å². The molecule has 1 saturated heterocycles. The molecule has 5 rings (SSSR count). The van der Waals surface area contributed by atoms with E-state index in [2.05, 4.69) is 21.9 Å². The number of nitro benzene ring substituents is 1. The van der Waals surface area contributed by atoms with Crippen molar-refractivity contribution in [3.05, 3.63) is 92.0 Å². The summed E-state index contributed by atoms with van der Waals surface area (Å²) in [5.41, 5.74) is 3.93. The lowest BCUT2D eigenvalue weighted by Gasteiger charge is -2.36. The van der Waals surface area contributed by atoms with Crippen LogP contribution in [0, 0.1) is 10.1 Å². The molecular formula is C25H24Cl2N4O4S. The molecule has 0 amide bonds. The summed E-state index contributed by atoms with van der Waals surface area (Å²) in [5, 5.41) is 12.3. The fourth-order valence-electron chi connectivity index (χ4n) is 4.79. The number of hydrogen-bond donors (Lipinski definition) is 0. The van der Waals surface area contributed by atoms with Gasteiger partial charge in [0.1, 0.15) is 5.69 Å². The van der Waals surface area contributed by atoms with Crippen LogP contribution in [0.2, 0.25) is 10.0 Å². The number of halogens is 2. The Bertz CT molecular complexity index is 1430.